The molecule has 2 nitrogen and oxygen atoms in total. The first-order chi connectivity index (χ1) is 10.2. The Bertz CT molecular complexity index is 611. The van der Waals surface area contributed by atoms with Crippen molar-refractivity contribution in [3.63, 3.8) is 0 Å². The van der Waals surface area contributed by atoms with E-state index in [9.17, 15) is 0 Å². The fourth-order valence-corrected chi connectivity index (χ4v) is 3.58. The summed E-state index contributed by atoms with van der Waals surface area (Å²) in [6, 6.07) is 15.5. The SMILES string of the molecule is COc1ccc(Sc2ccc(CNC3CC3)c(Br)c2)cc1. The highest BCUT2D eigenvalue weighted by Crippen LogP contribution is 2.32. The van der Waals surface area contributed by atoms with Crippen LogP contribution in [0.1, 0.15) is 18.4 Å². The fraction of sp³-hybridized carbons (Fsp3) is 0.294. The van der Waals surface area contributed by atoms with Crippen LogP contribution in [0.5, 0.6) is 5.75 Å². The number of hydrogen-bond acceptors (Lipinski definition) is 3. The smallest absolute Gasteiger partial charge is 0.118 e. The van der Waals surface area contributed by atoms with E-state index >= 15 is 0 Å². The maximum absolute atomic E-state index is 5.18. The number of rotatable bonds is 6. The zero-order chi connectivity index (χ0) is 14.7. The van der Waals surface area contributed by atoms with Crippen LogP contribution in [0.2, 0.25) is 0 Å². The van der Waals surface area contributed by atoms with Gasteiger partial charge < -0.3 is 10.1 Å². The molecule has 0 unspecified atom stereocenters. The molecular formula is C17H18BrNOS. The second-order valence-corrected chi connectivity index (χ2v) is 7.19. The maximum Gasteiger partial charge on any atom is 0.118 e. The van der Waals surface area contributed by atoms with E-state index in [1.807, 2.05) is 12.1 Å². The van der Waals surface area contributed by atoms with Crippen LogP contribution in [0.25, 0.3) is 0 Å². The molecule has 1 aliphatic carbocycles. The van der Waals surface area contributed by atoms with E-state index < -0.39 is 0 Å². The van der Waals surface area contributed by atoms with Gasteiger partial charge in [0.15, 0.2) is 0 Å². The van der Waals surface area contributed by atoms with E-state index in [2.05, 4.69) is 51.6 Å². The molecule has 0 radical (unpaired) electrons. The van der Waals surface area contributed by atoms with Crippen LogP contribution in [-0.4, -0.2) is 13.2 Å². The van der Waals surface area contributed by atoms with Crippen LogP contribution < -0.4 is 10.1 Å². The van der Waals surface area contributed by atoms with Gasteiger partial charge in [-0.2, -0.15) is 0 Å². The summed E-state index contributed by atoms with van der Waals surface area (Å²) in [7, 11) is 1.69. The molecule has 2 aromatic carbocycles. The second kappa shape index (κ2) is 6.86. The van der Waals surface area contributed by atoms with Gasteiger partial charge in [-0.25, -0.2) is 0 Å². The van der Waals surface area contributed by atoms with Crippen LogP contribution in [-0.2, 0) is 6.54 Å². The minimum absolute atomic E-state index is 0.741. The fourth-order valence-electron chi connectivity index (χ4n) is 2.06. The van der Waals surface area contributed by atoms with Gasteiger partial charge in [-0.15, -0.1) is 0 Å². The molecule has 1 fully saturated rings. The lowest BCUT2D eigenvalue weighted by atomic mass is 10.2. The summed E-state index contributed by atoms with van der Waals surface area (Å²) < 4.78 is 6.36. The molecule has 110 valence electrons. The number of hydrogen-bond donors (Lipinski definition) is 1. The summed E-state index contributed by atoms with van der Waals surface area (Å²) in [5.41, 5.74) is 1.32. The molecule has 1 aliphatic rings. The van der Waals surface area contributed by atoms with Gasteiger partial charge in [0.05, 0.1) is 7.11 Å². The van der Waals surface area contributed by atoms with Crippen molar-refractivity contribution in [3.8, 4) is 5.75 Å². The molecule has 0 bridgehead atoms. The van der Waals surface area contributed by atoms with Crippen molar-refractivity contribution in [1.29, 1.82) is 0 Å². The summed E-state index contributed by atoms with van der Waals surface area (Å²) in [5.74, 6) is 0.891. The van der Waals surface area contributed by atoms with E-state index in [0.29, 0.717) is 0 Å². The van der Waals surface area contributed by atoms with E-state index in [-0.39, 0.29) is 0 Å². The Hall–Kier alpha value is -0.970. The van der Waals surface area contributed by atoms with Crippen LogP contribution in [0, 0.1) is 0 Å². The predicted octanol–water partition coefficient (Wildman–Crippen LogP) is 4.86. The Morgan fingerprint density at radius 3 is 2.48 bits per heavy atom. The number of benzene rings is 2. The van der Waals surface area contributed by atoms with E-state index in [1.165, 1.54) is 32.7 Å². The highest BCUT2D eigenvalue weighted by atomic mass is 79.9. The molecule has 0 aromatic heterocycles. The summed E-state index contributed by atoms with van der Waals surface area (Å²) in [5, 5.41) is 3.54. The predicted molar refractivity (Wildman–Crippen MR) is 91.1 cm³/mol. The van der Waals surface area contributed by atoms with Gasteiger partial charge in [0, 0.05) is 26.9 Å². The minimum atomic E-state index is 0.741. The average molecular weight is 364 g/mol. The Kier molecular flexibility index (Phi) is 4.88. The Morgan fingerprint density at radius 1 is 1.14 bits per heavy atom. The van der Waals surface area contributed by atoms with Crippen molar-refractivity contribution in [2.75, 3.05) is 7.11 Å². The Morgan fingerprint density at radius 2 is 1.86 bits per heavy atom. The number of halogens is 1. The first-order valence-electron chi connectivity index (χ1n) is 7.08. The standard InChI is InChI=1S/C17H18BrNOS/c1-20-14-5-8-15(9-6-14)21-16-7-2-12(17(18)10-16)11-19-13-3-4-13/h2,5-10,13,19H,3-4,11H2,1H3. The van der Waals surface area contributed by atoms with Crippen molar-refractivity contribution in [2.24, 2.45) is 0 Å². The number of methoxy groups -OCH3 is 1. The summed E-state index contributed by atoms with van der Waals surface area (Å²) in [4.78, 5) is 2.45. The average Bonchev–Trinajstić information content (AvgIpc) is 3.31. The molecular weight excluding hydrogens is 346 g/mol. The Labute approximate surface area is 138 Å². The lowest BCUT2D eigenvalue weighted by Gasteiger charge is -2.08. The molecule has 1 N–H and O–H groups in total. The first-order valence-corrected chi connectivity index (χ1v) is 8.69. The highest BCUT2D eigenvalue weighted by molar-refractivity contribution is 9.10. The van der Waals surface area contributed by atoms with Crippen molar-refractivity contribution >= 4 is 27.7 Å². The molecule has 3 rings (SSSR count). The molecule has 2 aromatic rings. The molecule has 1 saturated carbocycles. The van der Waals surface area contributed by atoms with Crippen LogP contribution in [0.3, 0.4) is 0 Å². The van der Waals surface area contributed by atoms with E-state index in [4.69, 9.17) is 4.74 Å². The minimum Gasteiger partial charge on any atom is -0.497 e. The van der Waals surface area contributed by atoms with Gasteiger partial charge >= 0.3 is 0 Å². The normalized spacial score (nSPS) is 14.2. The third kappa shape index (κ3) is 4.25. The zero-order valence-corrected chi connectivity index (χ0v) is 14.3. The molecule has 0 spiro atoms. The molecule has 0 saturated heterocycles. The lowest BCUT2D eigenvalue weighted by molar-refractivity contribution is 0.414. The van der Waals surface area contributed by atoms with Gasteiger partial charge in [0.25, 0.3) is 0 Å². The van der Waals surface area contributed by atoms with Crippen LogP contribution >= 0.6 is 27.7 Å². The first kappa shape index (κ1) is 14.9. The van der Waals surface area contributed by atoms with Gasteiger partial charge in [0.2, 0.25) is 0 Å². The monoisotopic (exact) mass is 363 g/mol. The summed E-state index contributed by atoms with van der Waals surface area (Å²) in [6.45, 7) is 0.943. The molecule has 21 heavy (non-hydrogen) atoms. The van der Waals surface area contributed by atoms with Crippen molar-refractivity contribution in [2.45, 2.75) is 35.2 Å². The Balaban J connectivity index is 1.65. The largest absolute Gasteiger partial charge is 0.497 e. The summed E-state index contributed by atoms with van der Waals surface area (Å²) in [6.07, 6.45) is 2.64. The third-order valence-corrected chi connectivity index (χ3v) is 5.21. The highest BCUT2D eigenvalue weighted by Gasteiger charge is 2.20. The maximum atomic E-state index is 5.18. The van der Waals surface area contributed by atoms with Gasteiger partial charge in [-0.05, 0) is 54.8 Å². The van der Waals surface area contributed by atoms with Gasteiger partial charge in [-0.3, -0.25) is 0 Å². The number of ether oxygens (including phenoxy) is 1. The quantitative estimate of drug-likeness (QED) is 0.791. The molecule has 0 heterocycles. The van der Waals surface area contributed by atoms with Crippen molar-refractivity contribution < 1.29 is 4.74 Å². The van der Waals surface area contributed by atoms with Gasteiger partial charge in [0.1, 0.15) is 5.75 Å². The van der Waals surface area contributed by atoms with E-state index in [1.54, 1.807) is 18.9 Å². The molecule has 0 aliphatic heterocycles. The number of nitrogens with one attached hydrogen (secondary N) is 1. The van der Waals surface area contributed by atoms with Crippen molar-refractivity contribution in [1.82, 2.24) is 5.32 Å². The van der Waals surface area contributed by atoms with Gasteiger partial charge in [-0.1, -0.05) is 33.8 Å². The topological polar surface area (TPSA) is 21.3 Å². The molecule has 0 atom stereocenters. The molecule has 0 amide bonds. The van der Waals surface area contributed by atoms with Crippen molar-refractivity contribution in [3.05, 3.63) is 52.5 Å². The third-order valence-electron chi connectivity index (χ3n) is 3.48. The van der Waals surface area contributed by atoms with E-state index in [0.717, 1.165) is 18.3 Å². The summed E-state index contributed by atoms with van der Waals surface area (Å²) >= 11 is 5.44. The zero-order valence-electron chi connectivity index (χ0n) is 11.9. The lowest BCUT2D eigenvalue weighted by Crippen LogP contribution is -2.15. The molecule has 4 heteroatoms. The second-order valence-electron chi connectivity index (χ2n) is 5.19. The van der Waals surface area contributed by atoms with Crippen LogP contribution in [0.4, 0.5) is 0 Å². The van der Waals surface area contributed by atoms with Crippen LogP contribution in [0.15, 0.2) is 56.7 Å².